The van der Waals surface area contributed by atoms with E-state index in [9.17, 15) is 13.2 Å². The standard InChI is InChI=1S/C23H23ClN4O4S/c24-19-9-8-17(14-22(19)33(30,31)27-10-12-32-13-11-27)25-23(29)21-15-20(16-6-7-16)26-28(21)18-4-2-1-3-5-18/h1-5,8-9,14-16H,6-7,10-13H2,(H,25,29). The second-order valence-corrected chi connectivity index (χ2v) is 10.4. The Kier molecular flexibility index (Phi) is 5.96. The number of para-hydroxylation sites is 1. The molecule has 2 aliphatic rings. The second kappa shape index (κ2) is 8.90. The Balaban J connectivity index is 1.45. The summed E-state index contributed by atoms with van der Waals surface area (Å²) >= 11 is 6.24. The van der Waals surface area contributed by atoms with Crippen LogP contribution in [0, 0.1) is 0 Å². The molecule has 1 N–H and O–H groups in total. The van der Waals surface area contributed by atoms with Crippen molar-refractivity contribution in [2.24, 2.45) is 0 Å². The van der Waals surface area contributed by atoms with Gasteiger partial charge in [-0.05, 0) is 49.2 Å². The van der Waals surface area contributed by atoms with Crippen LogP contribution >= 0.6 is 11.6 Å². The van der Waals surface area contributed by atoms with E-state index in [1.165, 1.54) is 16.4 Å². The smallest absolute Gasteiger partial charge is 0.274 e. The second-order valence-electron chi connectivity index (χ2n) is 8.09. The molecule has 172 valence electrons. The van der Waals surface area contributed by atoms with Gasteiger partial charge >= 0.3 is 0 Å². The van der Waals surface area contributed by atoms with Crippen LogP contribution in [-0.4, -0.2) is 54.7 Å². The van der Waals surface area contributed by atoms with E-state index in [4.69, 9.17) is 16.3 Å². The summed E-state index contributed by atoms with van der Waals surface area (Å²) in [6, 6.07) is 15.7. The zero-order valence-electron chi connectivity index (χ0n) is 17.8. The van der Waals surface area contributed by atoms with E-state index in [0.717, 1.165) is 24.2 Å². The summed E-state index contributed by atoms with van der Waals surface area (Å²) in [5, 5.41) is 7.58. The van der Waals surface area contributed by atoms with Gasteiger partial charge < -0.3 is 10.1 Å². The zero-order chi connectivity index (χ0) is 23.0. The fraction of sp³-hybridized carbons (Fsp3) is 0.304. The molecule has 5 rings (SSSR count). The lowest BCUT2D eigenvalue weighted by atomic mass is 10.2. The van der Waals surface area contributed by atoms with E-state index in [2.05, 4.69) is 10.4 Å². The minimum absolute atomic E-state index is 0.0425. The number of amides is 1. The highest BCUT2D eigenvalue weighted by molar-refractivity contribution is 7.89. The lowest BCUT2D eigenvalue weighted by Gasteiger charge is -2.26. The number of benzene rings is 2. The topological polar surface area (TPSA) is 93.5 Å². The molecule has 2 heterocycles. The van der Waals surface area contributed by atoms with Crippen LogP contribution in [-0.2, 0) is 14.8 Å². The summed E-state index contributed by atoms with van der Waals surface area (Å²) in [5.74, 6) is -0.00221. The molecule has 1 saturated heterocycles. The molecule has 0 bridgehead atoms. The number of halogens is 1. The number of aromatic nitrogens is 2. The molecule has 0 atom stereocenters. The normalized spacial score (nSPS) is 17.1. The molecule has 1 amide bonds. The number of nitrogens with zero attached hydrogens (tertiary/aromatic N) is 3. The Morgan fingerprint density at radius 1 is 1.06 bits per heavy atom. The Bertz CT molecular complexity index is 1280. The summed E-state index contributed by atoms with van der Waals surface area (Å²) in [5.41, 5.74) is 2.39. The van der Waals surface area contributed by atoms with E-state index in [0.29, 0.717) is 30.5 Å². The van der Waals surface area contributed by atoms with Crippen molar-refractivity contribution in [3.8, 4) is 5.69 Å². The van der Waals surface area contributed by atoms with E-state index in [1.54, 1.807) is 16.8 Å². The molecule has 2 fully saturated rings. The predicted molar refractivity (Wildman–Crippen MR) is 125 cm³/mol. The van der Waals surface area contributed by atoms with Gasteiger partial charge in [0.25, 0.3) is 5.91 Å². The molecule has 1 aromatic heterocycles. The summed E-state index contributed by atoms with van der Waals surface area (Å²) in [7, 11) is -3.81. The number of sulfonamides is 1. The number of carbonyl (C=O) groups excluding carboxylic acids is 1. The van der Waals surface area contributed by atoms with Gasteiger partial charge in [-0.2, -0.15) is 9.40 Å². The summed E-state index contributed by atoms with van der Waals surface area (Å²) in [4.78, 5) is 13.2. The lowest BCUT2D eigenvalue weighted by Crippen LogP contribution is -2.40. The number of carbonyl (C=O) groups is 1. The fourth-order valence-corrected chi connectivity index (χ4v) is 5.71. The molecule has 2 aromatic carbocycles. The van der Waals surface area contributed by atoms with Crippen molar-refractivity contribution in [3.63, 3.8) is 0 Å². The highest BCUT2D eigenvalue weighted by atomic mass is 35.5. The fourth-order valence-electron chi connectivity index (χ4n) is 3.81. The maximum Gasteiger partial charge on any atom is 0.274 e. The Morgan fingerprint density at radius 2 is 1.79 bits per heavy atom. The highest BCUT2D eigenvalue weighted by Crippen LogP contribution is 2.40. The van der Waals surface area contributed by atoms with Gasteiger partial charge in [-0.3, -0.25) is 4.79 Å². The number of morpholine rings is 1. The van der Waals surface area contributed by atoms with Gasteiger partial charge in [-0.15, -0.1) is 0 Å². The summed E-state index contributed by atoms with van der Waals surface area (Å²) in [6.07, 6.45) is 2.12. The van der Waals surface area contributed by atoms with E-state index >= 15 is 0 Å². The minimum Gasteiger partial charge on any atom is -0.379 e. The molecule has 0 unspecified atom stereocenters. The lowest BCUT2D eigenvalue weighted by molar-refractivity contribution is 0.0730. The van der Waals surface area contributed by atoms with Crippen LogP contribution in [0.5, 0.6) is 0 Å². The maximum atomic E-state index is 13.2. The first-order chi connectivity index (χ1) is 15.9. The number of nitrogens with one attached hydrogen (secondary N) is 1. The van der Waals surface area contributed by atoms with Crippen LogP contribution in [0.15, 0.2) is 59.5 Å². The molecule has 10 heteroatoms. The molecule has 1 saturated carbocycles. The van der Waals surface area contributed by atoms with Gasteiger partial charge in [0.15, 0.2) is 0 Å². The van der Waals surface area contributed by atoms with Gasteiger partial charge in [0.1, 0.15) is 10.6 Å². The first kappa shape index (κ1) is 22.1. The quantitative estimate of drug-likeness (QED) is 0.573. The summed E-state index contributed by atoms with van der Waals surface area (Å²) in [6.45, 7) is 1.19. The van der Waals surface area contributed by atoms with Crippen LogP contribution in [0.3, 0.4) is 0 Å². The maximum absolute atomic E-state index is 13.2. The van der Waals surface area contributed by atoms with Gasteiger partial charge in [-0.1, -0.05) is 29.8 Å². The average molecular weight is 487 g/mol. The first-order valence-electron chi connectivity index (χ1n) is 10.8. The average Bonchev–Trinajstić information content (AvgIpc) is 3.59. The monoisotopic (exact) mass is 486 g/mol. The number of hydrogen-bond donors (Lipinski definition) is 1. The third-order valence-corrected chi connectivity index (χ3v) is 8.11. The summed E-state index contributed by atoms with van der Waals surface area (Å²) < 4.78 is 34.4. The number of anilines is 1. The van der Waals surface area contributed by atoms with E-state index in [-0.39, 0.29) is 28.9 Å². The number of hydrogen-bond acceptors (Lipinski definition) is 5. The number of ether oxygens (including phenoxy) is 1. The highest BCUT2D eigenvalue weighted by Gasteiger charge is 2.30. The van der Waals surface area contributed by atoms with Gasteiger partial charge in [0.05, 0.1) is 29.6 Å². The van der Waals surface area contributed by atoms with Crippen molar-refractivity contribution in [1.82, 2.24) is 14.1 Å². The molecular formula is C23H23ClN4O4S. The van der Waals surface area contributed by atoms with Crippen molar-refractivity contribution < 1.29 is 17.9 Å². The molecule has 0 radical (unpaired) electrons. The molecule has 0 spiro atoms. The third kappa shape index (κ3) is 4.54. The first-order valence-corrected chi connectivity index (χ1v) is 12.6. The van der Waals surface area contributed by atoms with Crippen LogP contribution < -0.4 is 5.32 Å². The molecule has 8 nitrogen and oxygen atoms in total. The largest absolute Gasteiger partial charge is 0.379 e. The number of rotatable bonds is 6. The van der Waals surface area contributed by atoms with Crippen LogP contribution in [0.4, 0.5) is 5.69 Å². The predicted octanol–water partition coefficient (Wildman–Crippen LogP) is 3.68. The molecule has 33 heavy (non-hydrogen) atoms. The molecular weight excluding hydrogens is 464 g/mol. The third-order valence-electron chi connectivity index (χ3n) is 5.73. The van der Waals surface area contributed by atoms with Crippen LogP contribution in [0.25, 0.3) is 5.69 Å². The zero-order valence-corrected chi connectivity index (χ0v) is 19.3. The SMILES string of the molecule is O=C(Nc1ccc(Cl)c(S(=O)(=O)N2CCOCC2)c1)c1cc(C2CC2)nn1-c1ccccc1. The minimum atomic E-state index is -3.81. The van der Waals surface area contributed by atoms with Crippen molar-refractivity contribution in [2.75, 3.05) is 31.6 Å². The Morgan fingerprint density at radius 3 is 2.48 bits per heavy atom. The molecule has 1 aliphatic carbocycles. The van der Waals surface area contributed by atoms with Gasteiger partial charge in [0, 0.05) is 24.7 Å². The Labute approximate surface area is 197 Å². The van der Waals surface area contributed by atoms with Crippen molar-refractivity contribution in [2.45, 2.75) is 23.7 Å². The van der Waals surface area contributed by atoms with Gasteiger partial charge in [-0.25, -0.2) is 13.1 Å². The van der Waals surface area contributed by atoms with Crippen molar-refractivity contribution in [1.29, 1.82) is 0 Å². The molecule has 3 aromatic rings. The van der Waals surface area contributed by atoms with Gasteiger partial charge in [0.2, 0.25) is 10.0 Å². The van der Waals surface area contributed by atoms with E-state index < -0.39 is 10.0 Å². The van der Waals surface area contributed by atoms with E-state index in [1.807, 2.05) is 30.3 Å². The van der Waals surface area contributed by atoms with Crippen LogP contribution in [0.1, 0.15) is 34.9 Å². The van der Waals surface area contributed by atoms with Crippen molar-refractivity contribution in [3.05, 3.63) is 71.0 Å². The Hall–Kier alpha value is -2.72. The molecule has 1 aliphatic heterocycles. The van der Waals surface area contributed by atoms with Crippen molar-refractivity contribution >= 4 is 33.2 Å². The van der Waals surface area contributed by atoms with Crippen LogP contribution in [0.2, 0.25) is 5.02 Å².